The first-order valence-electron chi connectivity index (χ1n) is 26.3. The Hall–Kier alpha value is -8.99. The standard InChI is InChI=1S/C26H34N5O6P.C21H22N4O4.C10H10N2O3.4CH4/c1-5-36-38(33,37-6-2)18-35-24-16-22-21(15-23(24)34-4)25(28-17-27-22)30-11-13-31(14-12-30)26(32)29-20-9-7-19(3)8-10-20;1-28-19-11-16-17(12-18(19)26)22-14-23-20(16)24-7-9-25(10-8-24)21(27)29-13-15-5-3-2-4-6-15;1-14-8-3-6-7(4-9(8)15-2)11-5-12-10(6)13;;;;/h7-10,15-17H,5-6,11-14,18H2,1-4H3,(H,29,32);2-6,11-12,14,26H,7-10,13H2,1H3;3-5H,1-2H3,(H,11,12,13);4*1H4. The molecule has 2 aliphatic heterocycles. The molecule has 2 fully saturated rings. The highest BCUT2D eigenvalue weighted by Gasteiger charge is 2.28. The number of anilines is 3. The lowest BCUT2D eigenvalue weighted by Crippen LogP contribution is -2.50. The number of phenolic OH excluding ortho intramolecular Hbond substituents is 1. The van der Waals surface area contributed by atoms with Crippen LogP contribution in [0.4, 0.5) is 26.9 Å². The van der Waals surface area contributed by atoms with Crippen LogP contribution >= 0.6 is 7.60 Å². The second-order valence-corrected chi connectivity index (χ2v) is 20.4. The molecular weight excluding hydrogens is 1130 g/mol. The average Bonchev–Trinajstić information content (AvgIpc) is 2.27. The van der Waals surface area contributed by atoms with E-state index in [9.17, 15) is 24.1 Å². The minimum atomic E-state index is -3.40. The SMILES string of the molecule is C.C.C.C.CCOP(=O)(COc1cc2ncnc(N3CCN(C(=O)Nc4ccc(C)cc4)CC3)c2cc1OC)OCC.COc1cc2c(N3CCN(C(=O)OCc4ccccc4)CC3)ncnc2cc1O.COc1cc2nc[nH]c(=O)c2cc1OC. The van der Waals surface area contributed by atoms with Gasteiger partial charge in [-0.15, -0.1) is 0 Å². The second-order valence-electron chi connectivity index (χ2n) is 18.4. The van der Waals surface area contributed by atoms with Gasteiger partial charge in [-0.3, -0.25) is 9.36 Å². The second kappa shape index (κ2) is 32.9. The lowest BCUT2D eigenvalue weighted by molar-refractivity contribution is 0.0941. The quantitative estimate of drug-likeness (QED) is 0.0759. The Morgan fingerprint density at radius 3 is 1.65 bits per heavy atom. The fourth-order valence-corrected chi connectivity index (χ4v) is 10.3. The number of methoxy groups -OCH3 is 4. The number of amides is 3. The average molecular weight is 1210 g/mol. The molecule has 5 aromatic carbocycles. The number of H-pyrrole nitrogens is 1. The molecule has 0 spiro atoms. The molecule has 0 atom stereocenters. The predicted molar refractivity (Wildman–Crippen MR) is 337 cm³/mol. The number of nitrogens with one attached hydrogen (secondary N) is 2. The molecule has 0 saturated carbocycles. The van der Waals surface area contributed by atoms with E-state index in [1.807, 2.05) is 67.6 Å². The van der Waals surface area contributed by atoms with Gasteiger partial charge in [0.2, 0.25) is 0 Å². The zero-order valence-electron chi connectivity index (χ0n) is 46.7. The number of aromatic amines is 1. The van der Waals surface area contributed by atoms with Crippen LogP contribution in [0.2, 0.25) is 0 Å². The fraction of sp³-hybridized carbons (Fsp3) is 0.377. The van der Waals surface area contributed by atoms with E-state index in [0.717, 1.165) is 39.2 Å². The van der Waals surface area contributed by atoms with Crippen molar-refractivity contribution in [3.8, 4) is 34.5 Å². The molecule has 86 heavy (non-hydrogen) atoms. The summed E-state index contributed by atoms with van der Waals surface area (Å²) in [5, 5.41) is 15.0. The van der Waals surface area contributed by atoms with Gasteiger partial charge < -0.3 is 72.5 Å². The van der Waals surface area contributed by atoms with Crippen LogP contribution in [-0.2, 0) is 25.0 Å². The minimum absolute atomic E-state index is 0. The summed E-state index contributed by atoms with van der Waals surface area (Å²) in [6.07, 6.45) is 3.77. The minimum Gasteiger partial charge on any atom is -0.504 e. The number of aromatic nitrogens is 6. The molecule has 0 radical (unpaired) electrons. The van der Waals surface area contributed by atoms with Crippen molar-refractivity contribution in [1.82, 2.24) is 39.7 Å². The zero-order valence-corrected chi connectivity index (χ0v) is 47.6. The lowest BCUT2D eigenvalue weighted by Gasteiger charge is -2.35. The number of ether oxygens (including phenoxy) is 6. The number of hydrogen-bond acceptors (Lipinski definition) is 20. The molecule has 464 valence electrons. The van der Waals surface area contributed by atoms with Crippen LogP contribution in [0.3, 0.4) is 0 Å². The molecule has 25 heteroatoms. The first kappa shape index (κ1) is 69.5. The summed E-state index contributed by atoms with van der Waals surface area (Å²) in [5.41, 5.74) is 4.54. The van der Waals surface area contributed by atoms with Gasteiger partial charge in [-0.05, 0) is 56.7 Å². The van der Waals surface area contributed by atoms with Gasteiger partial charge in [0, 0.05) is 87.0 Å². The summed E-state index contributed by atoms with van der Waals surface area (Å²) in [5.74, 6) is 3.81. The largest absolute Gasteiger partial charge is 0.504 e. The number of aromatic hydroxyl groups is 1. The number of aryl methyl sites for hydroxylation is 1. The number of phenols is 1. The number of rotatable bonds is 16. The fourth-order valence-electron chi connectivity index (χ4n) is 8.97. The summed E-state index contributed by atoms with van der Waals surface area (Å²) in [6.45, 7) is 10.9. The molecule has 8 aromatic rings. The predicted octanol–water partition coefficient (Wildman–Crippen LogP) is 11.2. The molecule has 2 saturated heterocycles. The maximum absolute atomic E-state index is 12.8. The Kier molecular flexibility index (Phi) is 26.6. The van der Waals surface area contributed by atoms with Crippen LogP contribution in [-0.4, -0.2) is 157 Å². The number of benzene rings is 5. The molecule has 5 heterocycles. The number of carbonyl (C=O) groups is 2. The number of fused-ring (bicyclic) bond motifs is 3. The molecular formula is C61H82N11O13P. The van der Waals surface area contributed by atoms with Gasteiger partial charge in [0.15, 0.2) is 40.8 Å². The number of hydrogen-bond donors (Lipinski definition) is 3. The Bertz CT molecular complexity index is 3560. The van der Waals surface area contributed by atoms with E-state index >= 15 is 0 Å². The molecule has 3 amide bonds. The van der Waals surface area contributed by atoms with Crippen molar-refractivity contribution in [1.29, 1.82) is 0 Å². The maximum Gasteiger partial charge on any atom is 0.410 e. The van der Waals surface area contributed by atoms with Crippen molar-refractivity contribution in [2.45, 2.75) is 57.1 Å². The van der Waals surface area contributed by atoms with Crippen molar-refractivity contribution in [3.63, 3.8) is 0 Å². The molecule has 24 nitrogen and oxygen atoms in total. The Balaban J connectivity index is 0.000000292. The number of urea groups is 1. The molecule has 0 bridgehead atoms. The monoisotopic (exact) mass is 1210 g/mol. The van der Waals surface area contributed by atoms with Crippen molar-refractivity contribution >= 4 is 69.8 Å². The van der Waals surface area contributed by atoms with Crippen molar-refractivity contribution in [2.75, 3.05) is 115 Å². The summed E-state index contributed by atoms with van der Waals surface area (Å²) in [7, 11) is 2.70. The highest BCUT2D eigenvalue weighted by atomic mass is 31.2. The maximum atomic E-state index is 12.8. The van der Waals surface area contributed by atoms with Crippen LogP contribution in [0.25, 0.3) is 32.7 Å². The van der Waals surface area contributed by atoms with Crippen molar-refractivity contribution < 1.29 is 56.7 Å². The normalized spacial score (nSPS) is 12.7. The first-order chi connectivity index (χ1) is 39.8. The van der Waals surface area contributed by atoms with Crippen LogP contribution in [0.5, 0.6) is 34.5 Å². The Morgan fingerprint density at radius 1 is 0.605 bits per heavy atom. The summed E-state index contributed by atoms with van der Waals surface area (Å²) < 4.78 is 55.7. The topological polar surface area (TPSA) is 268 Å². The molecule has 0 aliphatic carbocycles. The van der Waals surface area contributed by atoms with E-state index in [-0.39, 0.29) is 79.3 Å². The smallest absolute Gasteiger partial charge is 0.410 e. The van der Waals surface area contributed by atoms with E-state index in [2.05, 4.69) is 45.0 Å². The highest BCUT2D eigenvalue weighted by molar-refractivity contribution is 7.53. The van der Waals surface area contributed by atoms with Crippen LogP contribution in [0, 0.1) is 6.92 Å². The van der Waals surface area contributed by atoms with Crippen LogP contribution in [0.15, 0.2) is 115 Å². The van der Waals surface area contributed by atoms with E-state index in [0.29, 0.717) is 103 Å². The number of nitrogens with zero attached hydrogens (tertiary/aromatic N) is 9. The third kappa shape index (κ3) is 17.3. The third-order valence-electron chi connectivity index (χ3n) is 13.2. The van der Waals surface area contributed by atoms with E-state index in [4.69, 9.17) is 37.5 Å². The molecule has 0 unspecified atom stereocenters. The van der Waals surface area contributed by atoms with Crippen molar-refractivity contribution in [2.24, 2.45) is 0 Å². The van der Waals surface area contributed by atoms with Crippen LogP contribution < -0.4 is 44.4 Å². The van der Waals surface area contributed by atoms with Gasteiger partial charge in [0.1, 0.15) is 30.9 Å². The first-order valence-corrected chi connectivity index (χ1v) is 28.0. The molecule has 3 aromatic heterocycles. The van der Waals surface area contributed by atoms with Gasteiger partial charge in [0.25, 0.3) is 5.56 Å². The van der Waals surface area contributed by atoms with Crippen LogP contribution in [0.1, 0.15) is 54.7 Å². The van der Waals surface area contributed by atoms with E-state index in [1.54, 1.807) is 54.0 Å². The van der Waals surface area contributed by atoms with Gasteiger partial charge >= 0.3 is 19.7 Å². The van der Waals surface area contributed by atoms with Gasteiger partial charge in [-0.25, -0.2) is 34.5 Å². The van der Waals surface area contributed by atoms with Gasteiger partial charge in [-0.1, -0.05) is 77.7 Å². The highest BCUT2D eigenvalue weighted by Crippen LogP contribution is 2.49. The Labute approximate surface area is 502 Å². The molecule has 10 rings (SSSR count). The summed E-state index contributed by atoms with van der Waals surface area (Å²) in [4.78, 5) is 68.4. The van der Waals surface area contributed by atoms with Crippen molar-refractivity contribution in [3.05, 3.63) is 131 Å². The molecule has 2 aliphatic rings. The third-order valence-corrected chi connectivity index (χ3v) is 15.0. The van der Waals surface area contributed by atoms with Gasteiger partial charge in [-0.2, -0.15) is 0 Å². The Morgan fingerprint density at radius 2 is 1.09 bits per heavy atom. The van der Waals surface area contributed by atoms with Gasteiger partial charge in [0.05, 0.1) is 69.9 Å². The lowest BCUT2D eigenvalue weighted by atomic mass is 10.2. The van der Waals surface area contributed by atoms with E-state index in [1.165, 1.54) is 47.4 Å². The zero-order chi connectivity index (χ0) is 58.2. The summed E-state index contributed by atoms with van der Waals surface area (Å²) >= 11 is 0. The number of carbonyl (C=O) groups excluding carboxylic acids is 2. The summed E-state index contributed by atoms with van der Waals surface area (Å²) in [6, 6.07) is 27.3. The van der Waals surface area contributed by atoms with E-state index < -0.39 is 7.60 Å². The molecule has 3 N–H and O–H groups in total. The number of piperazine rings is 2.